The Morgan fingerprint density at radius 2 is 2.06 bits per heavy atom. The molecule has 0 aliphatic carbocycles. The minimum absolute atomic E-state index is 0.00498. The number of carbonyl (C=O) groups excluding carboxylic acids is 1. The Bertz CT molecular complexity index is 423. The zero-order valence-electron chi connectivity index (χ0n) is 8.44. The highest BCUT2D eigenvalue weighted by Crippen LogP contribution is 2.35. The smallest absolute Gasteiger partial charge is 0.351 e. The molecule has 0 unspecified atom stereocenters. The molecule has 0 fully saturated rings. The zero-order chi connectivity index (χ0) is 13.1. The Morgan fingerprint density at radius 1 is 1.41 bits per heavy atom. The van der Waals surface area contributed by atoms with Crippen LogP contribution in [0, 0.1) is 0 Å². The molecule has 0 saturated heterocycles. The molecule has 17 heavy (non-hydrogen) atoms. The fraction of sp³-hybridized carbons (Fsp3) is 0.300. The molecule has 1 rings (SSSR count). The second-order valence-electron chi connectivity index (χ2n) is 3.14. The number of alkyl halides is 4. The maximum Gasteiger partial charge on any atom is 0.417 e. The van der Waals surface area contributed by atoms with Crippen molar-refractivity contribution in [2.24, 2.45) is 0 Å². The predicted octanol–water partition coefficient (Wildman–Crippen LogP) is 3.63. The van der Waals surface area contributed by atoms with Gasteiger partial charge < -0.3 is 5.32 Å². The number of amides is 1. The lowest BCUT2D eigenvalue weighted by Gasteiger charge is -2.11. The van der Waals surface area contributed by atoms with Gasteiger partial charge in [-0.2, -0.15) is 13.2 Å². The van der Waals surface area contributed by atoms with Crippen LogP contribution in [0.1, 0.15) is 15.9 Å². The number of hydrogen-bond donors (Lipinski definition) is 1. The molecule has 1 N–H and O–H groups in total. The summed E-state index contributed by atoms with van der Waals surface area (Å²) in [5.41, 5.74) is -0.843. The molecule has 0 aromatic heterocycles. The topological polar surface area (TPSA) is 29.1 Å². The van der Waals surface area contributed by atoms with E-state index in [1.807, 2.05) is 0 Å². The molecular weight excluding hydrogens is 414 g/mol. The molecule has 0 aliphatic heterocycles. The summed E-state index contributed by atoms with van der Waals surface area (Å²) in [6, 6.07) is 3.41. The van der Waals surface area contributed by atoms with Crippen LogP contribution < -0.4 is 5.32 Å². The van der Waals surface area contributed by atoms with Gasteiger partial charge in [0.25, 0.3) is 5.91 Å². The van der Waals surface area contributed by atoms with E-state index in [1.54, 1.807) is 0 Å². The average molecular weight is 422 g/mol. The number of carbonyl (C=O) groups is 1. The first-order valence-electron chi connectivity index (χ1n) is 4.57. The Hall–Kier alpha value is -0.310. The molecule has 0 saturated carbocycles. The standard InChI is InChI=1S/C10H8BrF3INO/c11-8-2-1-6(9(17)16-4-3-15)5-7(8)10(12,13)14/h1-2,5H,3-4H2,(H,16,17). The van der Waals surface area contributed by atoms with E-state index in [4.69, 9.17) is 0 Å². The summed E-state index contributed by atoms with van der Waals surface area (Å²) >= 11 is 4.88. The van der Waals surface area contributed by atoms with Crippen molar-refractivity contribution in [3.63, 3.8) is 0 Å². The van der Waals surface area contributed by atoms with Crippen LogP contribution in [0.5, 0.6) is 0 Å². The van der Waals surface area contributed by atoms with Crippen LogP contribution in [0.2, 0.25) is 0 Å². The first-order chi connectivity index (χ1) is 7.86. The highest BCUT2D eigenvalue weighted by atomic mass is 127. The van der Waals surface area contributed by atoms with Crippen molar-refractivity contribution in [2.75, 3.05) is 11.0 Å². The van der Waals surface area contributed by atoms with Gasteiger partial charge in [-0.25, -0.2) is 0 Å². The Balaban J connectivity index is 3.00. The SMILES string of the molecule is O=C(NCCI)c1ccc(Br)c(C(F)(F)F)c1. The normalized spacial score (nSPS) is 11.4. The van der Waals surface area contributed by atoms with Gasteiger partial charge >= 0.3 is 6.18 Å². The fourth-order valence-corrected chi connectivity index (χ4v) is 1.89. The second-order valence-corrected chi connectivity index (χ2v) is 5.07. The van der Waals surface area contributed by atoms with Gasteiger partial charge in [-0.1, -0.05) is 38.5 Å². The summed E-state index contributed by atoms with van der Waals surface area (Å²) in [6.45, 7) is 0.427. The molecule has 0 atom stereocenters. The van der Waals surface area contributed by atoms with Crippen molar-refractivity contribution in [1.82, 2.24) is 5.32 Å². The molecular formula is C10H8BrF3INO. The molecule has 2 nitrogen and oxygen atoms in total. The first kappa shape index (κ1) is 14.7. The van der Waals surface area contributed by atoms with Crippen molar-refractivity contribution in [3.05, 3.63) is 33.8 Å². The number of benzene rings is 1. The summed E-state index contributed by atoms with van der Waals surface area (Å²) in [4.78, 5) is 11.5. The van der Waals surface area contributed by atoms with Crippen molar-refractivity contribution in [2.45, 2.75) is 6.18 Å². The van der Waals surface area contributed by atoms with E-state index in [1.165, 1.54) is 12.1 Å². The summed E-state index contributed by atoms with van der Waals surface area (Å²) in [7, 11) is 0. The summed E-state index contributed by atoms with van der Waals surface area (Å²) in [6.07, 6.45) is -4.47. The van der Waals surface area contributed by atoms with E-state index in [2.05, 4.69) is 43.8 Å². The van der Waals surface area contributed by atoms with E-state index in [0.29, 0.717) is 11.0 Å². The van der Waals surface area contributed by atoms with Gasteiger partial charge in [0.15, 0.2) is 0 Å². The molecule has 94 valence electrons. The number of nitrogens with one attached hydrogen (secondary N) is 1. The van der Waals surface area contributed by atoms with Gasteiger partial charge in [-0.05, 0) is 18.2 Å². The highest BCUT2D eigenvalue weighted by molar-refractivity contribution is 14.1. The maximum atomic E-state index is 12.6. The largest absolute Gasteiger partial charge is 0.417 e. The van der Waals surface area contributed by atoms with Crippen LogP contribution in [-0.2, 0) is 6.18 Å². The number of hydrogen-bond acceptors (Lipinski definition) is 1. The maximum absolute atomic E-state index is 12.6. The predicted molar refractivity (Wildman–Crippen MR) is 70.4 cm³/mol. The molecule has 0 radical (unpaired) electrons. The molecule has 1 aromatic rings. The van der Waals surface area contributed by atoms with Crippen molar-refractivity contribution >= 4 is 44.4 Å². The molecule has 0 heterocycles. The lowest BCUT2D eigenvalue weighted by Crippen LogP contribution is -2.25. The van der Waals surface area contributed by atoms with Crippen molar-refractivity contribution < 1.29 is 18.0 Å². The average Bonchev–Trinajstić information content (AvgIpc) is 2.25. The van der Waals surface area contributed by atoms with E-state index in [9.17, 15) is 18.0 Å². The number of halogens is 5. The molecule has 0 bridgehead atoms. The molecule has 1 amide bonds. The van der Waals surface area contributed by atoms with Crippen molar-refractivity contribution in [1.29, 1.82) is 0 Å². The lowest BCUT2D eigenvalue weighted by atomic mass is 10.1. The first-order valence-corrected chi connectivity index (χ1v) is 6.89. The van der Waals surface area contributed by atoms with Gasteiger partial charge in [-0.3, -0.25) is 4.79 Å². The van der Waals surface area contributed by atoms with E-state index in [-0.39, 0.29) is 10.0 Å². The summed E-state index contributed by atoms with van der Waals surface area (Å²) in [5.74, 6) is -0.500. The molecule has 0 spiro atoms. The Labute approximate surface area is 118 Å². The molecule has 0 aliphatic rings. The van der Waals surface area contributed by atoms with Gasteiger partial charge in [0.1, 0.15) is 0 Å². The van der Waals surface area contributed by atoms with E-state index < -0.39 is 17.6 Å². The summed E-state index contributed by atoms with van der Waals surface area (Å²) in [5, 5.41) is 2.52. The van der Waals surface area contributed by atoms with Gasteiger partial charge in [0.2, 0.25) is 0 Å². The van der Waals surface area contributed by atoms with Gasteiger partial charge in [0.05, 0.1) is 5.56 Å². The lowest BCUT2D eigenvalue weighted by molar-refractivity contribution is -0.138. The highest BCUT2D eigenvalue weighted by Gasteiger charge is 2.33. The molecule has 1 aromatic carbocycles. The van der Waals surface area contributed by atoms with Crippen LogP contribution in [0.4, 0.5) is 13.2 Å². The van der Waals surface area contributed by atoms with E-state index >= 15 is 0 Å². The van der Waals surface area contributed by atoms with Gasteiger partial charge in [-0.15, -0.1) is 0 Å². The van der Waals surface area contributed by atoms with Gasteiger partial charge in [0, 0.05) is 21.0 Å². The third-order valence-corrected chi connectivity index (χ3v) is 3.14. The minimum atomic E-state index is -4.47. The van der Waals surface area contributed by atoms with Crippen LogP contribution in [0.25, 0.3) is 0 Å². The quantitative estimate of drug-likeness (QED) is 0.586. The summed E-state index contributed by atoms with van der Waals surface area (Å²) < 4.78 is 38.4. The fourth-order valence-electron chi connectivity index (χ4n) is 1.15. The Morgan fingerprint density at radius 3 is 2.59 bits per heavy atom. The second kappa shape index (κ2) is 6.03. The van der Waals surface area contributed by atoms with Crippen molar-refractivity contribution in [3.8, 4) is 0 Å². The number of rotatable bonds is 3. The molecule has 7 heteroatoms. The Kier molecular flexibility index (Phi) is 5.23. The van der Waals surface area contributed by atoms with E-state index in [0.717, 1.165) is 6.07 Å². The third-order valence-electron chi connectivity index (χ3n) is 1.91. The zero-order valence-corrected chi connectivity index (χ0v) is 12.2. The third kappa shape index (κ3) is 4.13. The monoisotopic (exact) mass is 421 g/mol. The van der Waals surface area contributed by atoms with Crippen LogP contribution in [-0.4, -0.2) is 16.9 Å². The van der Waals surface area contributed by atoms with Crippen LogP contribution in [0.3, 0.4) is 0 Å². The minimum Gasteiger partial charge on any atom is -0.351 e. The van der Waals surface area contributed by atoms with Crippen LogP contribution in [0.15, 0.2) is 22.7 Å². The van der Waals surface area contributed by atoms with Crippen LogP contribution >= 0.6 is 38.5 Å².